The number of piperidine rings is 1. The van der Waals surface area contributed by atoms with Crippen LogP contribution in [0.2, 0.25) is 0 Å². The van der Waals surface area contributed by atoms with E-state index in [1.807, 2.05) is 0 Å². The van der Waals surface area contributed by atoms with Gasteiger partial charge in [-0.05, 0) is 38.5 Å². The van der Waals surface area contributed by atoms with Crippen LogP contribution in [0, 0.1) is 29.3 Å². The van der Waals surface area contributed by atoms with Crippen LogP contribution in [-0.4, -0.2) is 48.2 Å². The molecule has 4 rings (SSSR count). The van der Waals surface area contributed by atoms with Crippen LogP contribution < -0.4 is 10.1 Å². The maximum Gasteiger partial charge on any atom is 0.407 e. The minimum atomic E-state index is -1.07. The molecule has 1 aromatic carbocycles. The molecule has 1 aromatic rings. The van der Waals surface area contributed by atoms with Crippen molar-refractivity contribution in [3.05, 3.63) is 29.6 Å². The minimum absolute atomic E-state index is 0.0261. The Bertz CT molecular complexity index is 797. The lowest BCUT2D eigenvalue weighted by molar-refractivity contribution is -0.143. The second-order valence-electron chi connectivity index (χ2n) is 8.27. The third-order valence-electron chi connectivity index (χ3n) is 6.25. The second-order valence-corrected chi connectivity index (χ2v) is 8.27. The number of alkyl carbamates (subject to hydrolysis) is 1. The lowest BCUT2D eigenvalue weighted by Crippen LogP contribution is -2.58. The molecule has 6 nitrogen and oxygen atoms in total. The summed E-state index contributed by atoms with van der Waals surface area (Å²) in [6.45, 7) is 3.11. The van der Waals surface area contributed by atoms with E-state index in [0.717, 1.165) is 0 Å². The first-order valence-electron chi connectivity index (χ1n) is 9.81. The van der Waals surface area contributed by atoms with Crippen LogP contribution in [0.15, 0.2) is 12.1 Å². The number of likely N-dealkylation sites (tertiary alicyclic amines) is 1. The van der Waals surface area contributed by atoms with Crippen LogP contribution in [0.3, 0.4) is 0 Å². The van der Waals surface area contributed by atoms with Crippen molar-refractivity contribution in [2.45, 2.75) is 44.2 Å². The molecule has 2 heterocycles. The van der Waals surface area contributed by atoms with Crippen LogP contribution in [0.5, 0.6) is 5.75 Å². The van der Waals surface area contributed by atoms with Crippen molar-refractivity contribution >= 4 is 12.0 Å². The fourth-order valence-electron chi connectivity index (χ4n) is 4.54. The van der Waals surface area contributed by atoms with Crippen LogP contribution >= 0.6 is 0 Å². The first kappa shape index (κ1) is 19.8. The number of rotatable bonds is 4. The summed E-state index contributed by atoms with van der Waals surface area (Å²) in [7, 11) is 0. The maximum absolute atomic E-state index is 13.8. The van der Waals surface area contributed by atoms with E-state index in [4.69, 9.17) is 9.47 Å². The van der Waals surface area contributed by atoms with Crippen molar-refractivity contribution in [3.63, 3.8) is 0 Å². The Morgan fingerprint density at radius 1 is 1.24 bits per heavy atom. The lowest BCUT2D eigenvalue weighted by atomic mass is 9.68. The molecule has 1 saturated carbocycles. The second kappa shape index (κ2) is 7.42. The summed E-state index contributed by atoms with van der Waals surface area (Å²) < 4.78 is 51.0. The van der Waals surface area contributed by atoms with Crippen molar-refractivity contribution in [1.29, 1.82) is 0 Å². The molecule has 1 atom stereocenters. The molecule has 2 aliphatic heterocycles. The van der Waals surface area contributed by atoms with Gasteiger partial charge in [0.25, 0.3) is 0 Å². The van der Waals surface area contributed by atoms with E-state index >= 15 is 0 Å². The summed E-state index contributed by atoms with van der Waals surface area (Å²) in [6, 6.07) is 1.19. The van der Waals surface area contributed by atoms with E-state index in [1.54, 1.807) is 11.8 Å². The smallest absolute Gasteiger partial charge is 0.407 e. The van der Waals surface area contributed by atoms with Crippen LogP contribution in [0.4, 0.5) is 18.0 Å². The molecule has 2 amide bonds. The van der Waals surface area contributed by atoms with Crippen molar-refractivity contribution in [2.75, 3.05) is 19.7 Å². The normalized spacial score (nSPS) is 27.9. The summed E-state index contributed by atoms with van der Waals surface area (Å²) in [5.41, 5.74) is -0.388. The molecule has 1 spiro atoms. The van der Waals surface area contributed by atoms with Gasteiger partial charge >= 0.3 is 6.09 Å². The highest BCUT2D eigenvalue weighted by molar-refractivity contribution is 5.81. The van der Waals surface area contributed by atoms with Crippen molar-refractivity contribution < 1.29 is 32.2 Å². The van der Waals surface area contributed by atoms with Gasteiger partial charge in [-0.15, -0.1) is 0 Å². The van der Waals surface area contributed by atoms with Gasteiger partial charge in [0.15, 0.2) is 17.4 Å². The van der Waals surface area contributed by atoms with E-state index in [1.165, 1.54) is 0 Å². The van der Waals surface area contributed by atoms with Gasteiger partial charge in [-0.1, -0.05) is 0 Å². The van der Waals surface area contributed by atoms with Gasteiger partial charge in [-0.3, -0.25) is 4.79 Å². The van der Waals surface area contributed by atoms with Crippen molar-refractivity contribution in [2.24, 2.45) is 11.8 Å². The Labute approximate surface area is 166 Å². The van der Waals surface area contributed by atoms with Gasteiger partial charge in [-0.25, -0.2) is 18.0 Å². The van der Waals surface area contributed by atoms with Gasteiger partial charge in [0, 0.05) is 31.1 Å². The number of hydrogen-bond donors (Lipinski definition) is 1. The average molecular weight is 412 g/mol. The fourth-order valence-corrected chi connectivity index (χ4v) is 4.54. The number of halogens is 3. The van der Waals surface area contributed by atoms with Crippen LogP contribution in [0.25, 0.3) is 0 Å². The van der Waals surface area contributed by atoms with Crippen LogP contribution in [-0.2, 0) is 9.53 Å². The Hall–Kier alpha value is -2.45. The Morgan fingerprint density at radius 3 is 2.41 bits per heavy atom. The van der Waals surface area contributed by atoms with Crippen molar-refractivity contribution in [1.82, 2.24) is 10.2 Å². The number of carbonyl (C=O) groups excluding carboxylic acids is 2. The Balaban J connectivity index is 1.27. The molecule has 0 bridgehead atoms. The molecule has 1 aliphatic carbocycles. The number of amides is 2. The van der Waals surface area contributed by atoms with Gasteiger partial charge in [0.2, 0.25) is 5.91 Å². The number of nitrogens with zero attached hydrogens (tertiary/aromatic N) is 1. The first-order valence-corrected chi connectivity index (χ1v) is 9.81. The van der Waals surface area contributed by atoms with Gasteiger partial charge < -0.3 is 19.7 Å². The summed E-state index contributed by atoms with van der Waals surface area (Å²) in [5, 5.41) is 2.78. The number of hydrogen-bond acceptors (Lipinski definition) is 4. The SMILES string of the molecule is CC(Oc1c(F)cc(F)cc1F)C1CCN(C(=O)[C@H]2C[C@@]3(COC(=O)N3)C2)CC1. The minimum Gasteiger partial charge on any atom is -0.484 e. The molecular weight excluding hydrogens is 389 g/mol. The molecule has 3 aliphatic rings. The third kappa shape index (κ3) is 3.86. The molecule has 3 fully saturated rings. The monoisotopic (exact) mass is 412 g/mol. The summed E-state index contributed by atoms with van der Waals surface area (Å²) in [6.07, 6.45) is 1.56. The molecule has 29 heavy (non-hydrogen) atoms. The largest absolute Gasteiger partial charge is 0.484 e. The summed E-state index contributed by atoms with van der Waals surface area (Å²) in [4.78, 5) is 25.7. The van der Waals surface area contributed by atoms with E-state index in [0.29, 0.717) is 57.5 Å². The van der Waals surface area contributed by atoms with E-state index in [2.05, 4.69) is 5.32 Å². The van der Waals surface area contributed by atoms with Gasteiger partial charge in [-0.2, -0.15) is 0 Å². The van der Waals surface area contributed by atoms with Gasteiger partial charge in [0.05, 0.1) is 11.6 Å². The molecule has 1 N–H and O–H groups in total. The van der Waals surface area contributed by atoms with Crippen LogP contribution in [0.1, 0.15) is 32.6 Å². The lowest BCUT2D eigenvalue weighted by Gasteiger charge is -2.45. The van der Waals surface area contributed by atoms with E-state index in [9.17, 15) is 22.8 Å². The number of benzene rings is 1. The van der Waals surface area contributed by atoms with Gasteiger partial charge in [0.1, 0.15) is 12.4 Å². The molecule has 0 radical (unpaired) electrons. The topological polar surface area (TPSA) is 67.9 Å². The molecule has 1 unspecified atom stereocenters. The standard InChI is InChI=1S/C20H23F3N2O4/c1-11(29-17-15(22)6-14(21)7-16(17)23)12-2-4-25(5-3-12)18(26)13-8-20(9-13)10-28-19(27)24-20/h6-7,11-13H,2-5,8-10H2,1H3,(H,24,27)/t11?,13-,20-. The highest BCUT2D eigenvalue weighted by Crippen LogP contribution is 2.42. The van der Waals surface area contributed by atoms with E-state index in [-0.39, 0.29) is 23.3 Å². The Morgan fingerprint density at radius 2 is 1.86 bits per heavy atom. The maximum atomic E-state index is 13.8. The molecule has 0 aromatic heterocycles. The predicted molar refractivity (Wildman–Crippen MR) is 95.6 cm³/mol. The number of cyclic esters (lactones) is 1. The first-order chi connectivity index (χ1) is 13.8. The molecule has 158 valence electrons. The number of carbonyl (C=O) groups is 2. The number of ether oxygens (including phenoxy) is 2. The van der Waals surface area contributed by atoms with E-state index < -0.39 is 35.4 Å². The number of nitrogens with one attached hydrogen (secondary N) is 1. The Kier molecular flexibility index (Phi) is 5.08. The highest BCUT2D eigenvalue weighted by Gasteiger charge is 2.53. The van der Waals surface area contributed by atoms with Crippen molar-refractivity contribution in [3.8, 4) is 5.75 Å². The third-order valence-corrected chi connectivity index (χ3v) is 6.25. The molecule has 2 saturated heterocycles. The predicted octanol–water partition coefficient (Wildman–Crippen LogP) is 3.00. The molecular formula is C20H23F3N2O4. The zero-order valence-electron chi connectivity index (χ0n) is 16.1. The molecule has 9 heteroatoms. The highest BCUT2D eigenvalue weighted by atomic mass is 19.1. The summed E-state index contributed by atoms with van der Waals surface area (Å²) in [5.74, 6) is -3.72. The summed E-state index contributed by atoms with van der Waals surface area (Å²) >= 11 is 0. The zero-order chi connectivity index (χ0) is 20.8. The quantitative estimate of drug-likeness (QED) is 0.826. The fraction of sp³-hybridized carbons (Fsp3) is 0.600. The zero-order valence-corrected chi connectivity index (χ0v) is 16.1. The average Bonchev–Trinajstić information content (AvgIpc) is 3.05.